The van der Waals surface area contributed by atoms with E-state index in [1.807, 2.05) is 30.3 Å². The number of nitrogens with zero attached hydrogens (tertiary/aromatic N) is 2. The molecule has 0 aliphatic carbocycles. The lowest BCUT2D eigenvalue weighted by Crippen LogP contribution is -2.06. The van der Waals surface area contributed by atoms with Crippen LogP contribution in [0.3, 0.4) is 0 Å². The van der Waals surface area contributed by atoms with Crippen molar-refractivity contribution in [2.24, 2.45) is 10.2 Å². The van der Waals surface area contributed by atoms with Crippen molar-refractivity contribution >= 4 is 23.0 Å². The smallest absolute Gasteiger partial charge is 0.247 e. The van der Waals surface area contributed by atoms with Gasteiger partial charge in [0.15, 0.2) is 0 Å². The molecule has 2 aromatic carbocycles. The van der Waals surface area contributed by atoms with Gasteiger partial charge in [-0.3, -0.25) is 4.79 Å². The highest BCUT2D eigenvalue weighted by Crippen LogP contribution is 2.19. The SMILES string of the molecule is C=CC(=O)Nc1ccc(/N=N/c2ccccc2)cc1. The number of carbonyl (C=O) groups is 1. The first-order valence-corrected chi connectivity index (χ1v) is 5.78. The Morgan fingerprint density at radius 3 is 2.11 bits per heavy atom. The van der Waals surface area contributed by atoms with Gasteiger partial charge in [0.25, 0.3) is 0 Å². The van der Waals surface area contributed by atoms with Crippen LogP contribution in [0.2, 0.25) is 0 Å². The Kier molecular flexibility index (Phi) is 4.18. The van der Waals surface area contributed by atoms with Gasteiger partial charge in [-0.2, -0.15) is 10.2 Å². The van der Waals surface area contributed by atoms with Crippen molar-refractivity contribution in [2.45, 2.75) is 0 Å². The highest BCUT2D eigenvalue weighted by Gasteiger charge is 1.96. The first-order valence-electron chi connectivity index (χ1n) is 5.78. The standard InChI is InChI=1S/C15H13N3O/c1-2-15(19)16-12-8-10-14(11-9-12)18-17-13-6-4-3-5-7-13/h2-11H,1H2,(H,16,19)/b18-17+. The lowest BCUT2D eigenvalue weighted by molar-refractivity contribution is -0.111. The summed E-state index contributed by atoms with van der Waals surface area (Å²) < 4.78 is 0. The van der Waals surface area contributed by atoms with Gasteiger partial charge in [-0.15, -0.1) is 0 Å². The first-order chi connectivity index (χ1) is 9.28. The second kappa shape index (κ2) is 6.26. The van der Waals surface area contributed by atoms with Gasteiger partial charge in [-0.25, -0.2) is 0 Å². The van der Waals surface area contributed by atoms with Crippen LogP contribution in [-0.4, -0.2) is 5.91 Å². The van der Waals surface area contributed by atoms with E-state index in [2.05, 4.69) is 22.1 Å². The molecule has 2 rings (SSSR count). The average molecular weight is 251 g/mol. The molecular formula is C15H13N3O. The lowest BCUT2D eigenvalue weighted by atomic mass is 10.3. The Morgan fingerprint density at radius 2 is 1.53 bits per heavy atom. The van der Waals surface area contributed by atoms with E-state index in [0.717, 1.165) is 11.4 Å². The molecule has 0 spiro atoms. The lowest BCUT2D eigenvalue weighted by Gasteiger charge is -2.01. The van der Waals surface area contributed by atoms with Crippen molar-refractivity contribution in [3.63, 3.8) is 0 Å². The van der Waals surface area contributed by atoms with Crippen LogP contribution in [0.4, 0.5) is 17.1 Å². The molecule has 0 unspecified atom stereocenters. The summed E-state index contributed by atoms with van der Waals surface area (Å²) in [5.41, 5.74) is 2.22. The summed E-state index contributed by atoms with van der Waals surface area (Å²) in [5, 5.41) is 10.9. The van der Waals surface area contributed by atoms with E-state index in [0.29, 0.717) is 5.69 Å². The third-order valence-corrected chi connectivity index (χ3v) is 2.36. The summed E-state index contributed by atoms with van der Waals surface area (Å²) in [5.74, 6) is -0.237. The molecule has 2 aromatic rings. The predicted molar refractivity (Wildman–Crippen MR) is 75.9 cm³/mol. The zero-order valence-electron chi connectivity index (χ0n) is 10.3. The van der Waals surface area contributed by atoms with Crippen molar-refractivity contribution in [2.75, 3.05) is 5.32 Å². The fourth-order valence-electron chi connectivity index (χ4n) is 1.41. The van der Waals surface area contributed by atoms with E-state index in [1.54, 1.807) is 24.3 Å². The molecule has 0 radical (unpaired) electrons. The van der Waals surface area contributed by atoms with Crippen molar-refractivity contribution in [1.29, 1.82) is 0 Å². The highest BCUT2D eigenvalue weighted by atomic mass is 16.1. The molecule has 19 heavy (non-hydrogen) atoms. The van der Waals surface area contributed by atoms with E-state index >= 15 is 0 Å². The van der Waals surface area contributed by atoms with Crippen LogP contribution in [0.15, 0.2) is 77.5 Å². The van der Waals surface area contributed by atoms with Gasteiger partial charge in [-0.1, -0.05) is 24.8 Å². The summed E-state index contributed by atoms with van der Waals surface area (Å²) >= 11 is 0. The van der Waals surface area contributed by atoms with Gasteiger partial charge < -0.3 is 5.32 Å². The zero-order valence-corrected chi connectivity index (χ0v) is 10.3. The number of rotatable bonds is 4. The number of azo groups is 1. The van der Waals surface area contributed by atoms with Crippen molar-refractivity contribution in [3.8, 4) is 0 Å². The van der Waals surface area contributed by atoms with Crippen molar-refractivity contribution in [3.05, 3.63) is 67.3 Å². The van der Waals surface area contributed by atoms with Crippen LogP contribution < -0.4 is 5.32 Å². The van der Waals surface area contributed by atoms with Crippen LogP contribution in [0.5, 0.6) is 0 Å². The summed E-state index contributed by atoms with van der Waals surface area (Å²) in [6, 6.07) is 16.6. The fraction of sp³-hybridized carbons (Fsp3) is 0. The maximum Gasteiger partial charge on any atom is 0.247 e. The molecule has 0 atom stereocenters. The highest BCUT2D eigenvalue weighted by molar-refractivity contribution is 5.98. The van der Waals surface area contributed by atoms with Gasteiger partial charge in [-0.05, 0) is 42.5 Å². The molecule has 0 aromatic heterocycles. The van der Waals surface area contributed by atoms with Gasteiger partial charge in [0.05, 0.1) is 11.4 Å². The van der Waals surface area contributed by atoms with Gasteiger partial charge in [0.2, 0.25) is 5.91 Å². The Labute approximate surface area is 111 Å². The Hall–Kier alpha value is -2.75. The van der Waals surface area contributed by atoms with Gasteiger partial charge in [0.1, 0.15) is 0 Å². The average Bonchev–Trinajstić information content (AvgIpc) is 2.47. The van der Waals surface area contributed by atoms with Crippen LogP contribution >= 0.6 is 0 Å². The second-order valence-corrected chi connectivity index (χ2v) is 3.78. The van der Waals surface area contributed by atoms with Crippen LogP contribution in [-0.2, 0) is 4.79 Å². The number of anilines is 1. The molecule has 0 aliphatic heterocycles. The zero-order chi connectivity index (χ0) is 13.5. The molecule has 0 aliphatic rings. The van der Waals surface area contributed by atoms with Crippen LogP contribution in [0.25, 0.3) is 0 Å². The molecule has 4 nitrogen and oxygen atoms in total. The number of hydrogen-bond donors (Lipinski definition) is 1. The minimum atomic E-state index is -0.237. The third-order valence-electron chi connectivity index (χ3n) is 2.36. The molecule has 0 bridgehead atoms. The molecule has 1 amide bonds. The molecule has 0 heterocycles. The predicted octanol–water partition coefficient (Wildman–Crippen LogP) is 4.23. The topological polar surface area (TPSA) is 53.8 Å². The van der Waals surface area contributed by atoms with Crippen LogP contribution in [0, 0.1) is 0 Å². The molecule has 1 N–H and O–H groups in total. The van der Waals surface area contributed by atoms with E-state index in [1.165, 1.54) is 6.08 Å². The van der Waals surface area contributed by atoms with E-state index in [4.69, 9.17) is 0 Å². The Balaban J connectivity index is 2.05. The van der Waals surface area contributed by atoms with Crippen molar-refractivity contribution < 1.29 is 4.79 Å². The fourth-order valence-corrected chi connectivity index (χ4v) is 1.41. The van der Waals surface area contributed by atoms with E-state index in [9.17, 15) is 4.79 Å². The summed E-state index contributed by atoms with van der Waals surface area (Å²) in [6.45, 7) is 3.39. The Morgan fingerprint density at radius 1 is 0.947 bits per heavy atom. The maximum absolute atomic E-state index is 11.1. The van der Waals surface area contributed by atoms with Crippen molar-refractivity contribution in [1.82, 2.24) is 0 Å². The minimum absolute atomic E-state index is 0.237. The second-order valence-electron chi connectivity index (χ2n) is 3.78. The number of hydrogen-bond acceptors (Lipinski definition) is 3. The third kappa shape index (κ3) is 3.89. The molecule has 0 fully saturated rings. The molecule has 0 saturated carbocycles. The molecular weight excluding hydrogens is 238 g/mol. The maximum atomic E-state index is 11.1. The monoisotopic (exact) mass is 251 g/mol. The van der Waals surface area contributed by atoms with E-state index < -0.39 is 0 Å². The summed E-state index contributed by atoms with van der Waals surface area (Å²) in [7, 11) is 0. The van der Waals surface area contributed by atoms with Crippen LogP contribution in [0.1, 0.15) is 0 Å². The molecule has 94 valence electrons. The summed E-state index contributed by atoms with van der Waals surface area (Å²) in [4.78, 5) is 11.1. The minimum Gasteiger partial charge on any atom is -0.323 e. The number of carbonyl (C=O) groups excluding carboxylic acids is 1. The quantitative estimate of drug-likeness (QED) is 0.641. The van der Waals surface area contributed by atoms with Gasteiger partial charge >= 0.3 is 0 Å². The Bertz CT molecular complexity index is 589. The first kappa shape index (κ1) is 12.7. The number of nitrogens with one attached hydrogen (secondary N) is 1. The molecule has 4 heteroatoms. The van der Waals surface area contributed by atoms with E-state index in [-0.39, 0.29) is 5.91 Å². The largest absolute Gasteiger partial charge is 0.323 e. The number of amides is 1. The molecule has 0 saturated heterocycles. The summed E-state index contributed by atoms with van der Waals surface area (Å²) in [6.07, 6.45) is 1.23. The number of benzene rings is 2. The normalized spacial score (nSPS) is 10.3. The van der Waals surface area contributed by atoms with Gasteiger partial charge in [0, 0.05) is 5.69 Å².